The quantitative estimate of drug-likeness (QED) is 0.608. The van der Waals surface area contributed by atoms with E-state index < -0.39 is 0 Å². The third-order valence-electron chi connectivity index (χ3n) is 2.86. The van der Waals surface area contributed by atoms with Crippen molar-refractivity contribution in [3.05, 3.63) is 32.9 Å². The summed E-state index contributed by atoms with van der Waals surface area (Å²) in [6.45, 7) is 7.58. The third-order valence-corrected chi connectivity index (χ3v) is 2.86. The summed E-state index contributed by atoms with van der Waals surface area (Å²) in [5, 5.41) is 0. The van der Waals surface area contributed by atoms with E-state index in [0.717, 1.165) is 33.8 Å². The summed E-state index contributed by atoms with van der Waals surface area (Å²) in [4.78, 5) is 11.7. The Bertz CT molecular complexity index is 476. The molecule has 13 heavy (non-hydrogen) atoms. The summed E-state index contributed by atoms with van der Waals surface area (Å²) in [5.41, 5.74) is 3.81. The molecule has 0 unspecified atom stereocenters. The Kier molecular flexibility index (Phi) is 1.50. The van der Waals surface area contributed by atoms with E-state index in [1.54, 1.807) is 0 Å². The highest BCUT2D eigenvalue weighted by Crippen LogP contribution is 2.38. The fraction of sp³-hybridized carbons (Fsp3) is 0.364. The topological polar surface area (TPSA) is 30.2 Å². The SMILES string of the molecule is CC1=C(C)c2c1oc(C)c(C)c2=O. The standard InChI is InChI=1S/C11H12O2/c1-5-6(2)11-9(5)10(12)7(3)8(4)13-11/h1-4H3. The number of allylic oxidation sites excluding steroid dienone is 2. The molecule has 1 aliphatic rings. The van der Waals surface area contributed by atoms with Crippen molar-refractivity contribution in [1.82, 2.24) is 0 Å². The van der Waals surface area contributed by atoms with Crippen LogP contribution in [0.1, 0.15) is 36.5 Å². The van der Waals surface area contributed by atoms with Crippen molar-refractivity contribution >= 4 is 11.1 Å². The molecule has 2 heteroatoms. The van der Waals surface area contributed by atoms with E-state index in [-0.39, 0.29) is 5.43 Å². The van der Waals surface area contributed by atoms with Crippen molar-refractivity contribution in [3.63, 3.8) is 0 Å². The molecule has 0 bridgehead atoms. The second-order valence-corrected chi connectivity index (χ2v) is 3.57. The van der Waals surface area contributed by atoms with Gasteiger partial charge in [0.2, 0.25) is 0 Å². The van der Waals surface area contributed by atoms with Crippen molar-refractivity contribution < 1.29 is 4.42 Å². The van der Waals surface area contributed by atoms with Gasteiger partial charge in [-0.05, 0) is 38.8 Å². The van der Waals surface area contributed by atoms with E-state index in [2.05, 4.69) is 0 Å². The Morgan fingerprint density at radius 3 is 2.23 bits per heavy atom. The number of hydrogen-bond donors (Lipinski definition) is 0. The van der Waals surface area contributed by atoms with E-state index >= 15 is 0 Å². The summed E-state index contributed by atoms with van der Waals surface area (Å²) in [6, 6.07) is 0. The van der Waals surface area contributed by atoms with Gasteiger partial charge in [0.1, 0.15) is 11.5 Å². The van der Waals surface area contributed by atoms with E-state index in [1.165, 1.54) is 0 Å². The Morgan fingerprint density at radius 2 is 1.62 bits per heavy atom. The van der Waals surface area contributed by atoms with Gasteiger partial charge in [0.05, 0.1) is 5.56 Å². The van der Waals surface area contributed by atoms with Crippen LogP contribution in [-0.2, 0) is 0 Å². The van der Waals surface area contributed by atoms with Crippen LogP contribution in [0.2, 0.25) is 0 Å². The molecule has 2 nitrogen and oxygen atoms in total. The minimum Gasteiger partial charge on any atom is -0.461 e. The first-order valence-corrected chi connectivity index (χ1v) is 4.36. The molecule has 1 heterocycles. The molecule has 0 atom stereocenters. The van der Waals surface area contributed by atoms with Crippen LogP contribution in [0, 0.1) is 13.8 Å². The second kappa shape index (κ2) is 2.34. The molecule has 0 N–H and O–H groups in total. The fourth-order valence-electron chi connectivity index (χ4n) is 1.63. The minimum atomic E-state index is 0.127. The van der Waals surface area contributed by atoms with Gasteiger partial charge in [-0.15, -0.1) is 0 Å². The molecule has 0 fully saturated rings. The summed E-state index contributed by atoms with van der Waals surface area (Å²) < 4.78 is 5.53. The van der Waals surface area contributed by atoms with Gasteiger partial charge in [-0.1, -0.05) is 0 Å². The van der Waals surface area contributed by atoms with Crippen LogP contribution in [0.15, 0.2) is 9.21 Å². The normalized spacial score (nSPS) is 14.2. The van der Waals surface area contributed by atoms with E-state index in [1.807, 2.05) is 27.7 Å². The number of hydrogen-bond acceptors (Lipinski definition) is 2. The molecular weight excluding hydrogens is 164 g/mol. The molecule has 0 amide bonds. The second-order valence-electron chi connectivity index (χ2n) is 3.57. The van der Waals surface area contributed by atoms with Gasteiger partial charge in [-0.3, -0.25) is 4.79 Å². The van der Waals surface area contributed by atoms with Crippen molar-refractivity contribution in [2.75, 3.05) is 0 Å². The first kappa shape index (κ1) is 8.30. The van der Waals surface area contributed by atoms with Crippen LogP contribution in [-0.4, -0.2) is 0 Å². The fourth-order valence-corrected chi connectivity index (χ4v) is 1.63. The largest absolute Gasteiger partial charge is 0.461 e. The van der Waals surface area contributed by atoms with Crippen LogP contribution in [0.3, 0.4) is 0 Å². The highest BCUT2D eigenvalue weighted by atomic mass is 16.3. The maximum atomic E-state index is 11.7. The van der Waals surface area contributed by atoms with Gasteiger partial charge in [0.25, 0.3) is 0 Å². The van der Waals surface area contributed by atoms with Crippen LogP contribution in [0.4, 0.5) is 0 Å². The lowest BCUT2D eigenvalue weighted by molar-refractivity contribution is 0.490. The van der Waals surface area contributed by atoms with Gasteiger partial charge in [-0.25, -0.2) is 0 Å². The molecular formula is C11H12O2. The van der Waals surface area contributed by atoms with Crippen molar-refractivity contribution in [2.45, 2.75) is 27.7 Å². The molecule has 0 saturated heterocycles. The summed E-state index contributed by atoms with van der Waals surface area (Å²) in [5.74, 6) is 1.52. The zero-order chi connectivity index (χ0) is 9.75. The van der Waals surface area contributed by atoms with Crippen LogP contribution in [0.25, 0.3) is 11.1 Å². The molecule has 1 aromatic heterocycles. The number of fused-ring (bicyclic) bond motifs is 1. The van der Waals surface area contributed by atoms with E-state index in [4.69, 9.17) is 4.42 Å². The molecule has 68 valence electrons. The zero-order valence-corrected chi connectivity index (χ0v) is 8.32. The van der Waals surface area contributed by atoms with Crippen LogP contribution in [0.5, 0.6) is 0 Å². The summed E-state index contributed by atoms with van der Waals surface area (Å²) in [6.07, 6.45) is 0. The Labute approximate surface area is 76.9 Å². The molecule has 0 spiro atoms. The highest BCUT2D eigenvalue weighted by Gasteiger charge is 2.26. The van der Waals surface area contributed by atoms with Crippen molar-refractivity contribution in [3.8, 4) is 0 Å². The first-order chi connectivity index (χ1) is 6.04. The highest BCUT2D eigenvalue weighted by molar-refractivity contribution is 6.00. The van der Waals surface area contributed by atoms with Gasteiger partial charge in [-0.2, -0.15) is 0 Å². The maximum absolute atomic E-state index is 11.7. The summed E-state index contributed by atoms with van der Waals surface area (Å²) >= 11 is 0. The van der Waals surface area contributed by atoms with Gasteiger partial charge >= 0.3 is 0 Å². The Morgan fingerprint density at radius 1 is 1.00 bits per heavy atom. The van der Waals surface area contributed by atoms with Crippen molar-refractivity contribution in [2.24, 2.45) is 0 Å². The first-order valence-electron chi connectivity index (χ1n) is 4.36. The van der Waals surface area contributed by atoms with E-state index in [0.29, 0.717) is 0 Å². The Balaban J connectivity index is 2.81. The molecule has 2 rings (SSSR count). The van der Waals surface area contributed by atoms with Crippen LogP contribution < -0.4 is 5.43 Å². The monoisotopic (exact) mass is 176 g/mol. The zero-order valence-electron chi connectivity index (χ0n) is 8.32. The molecule has 0 radical (unpaired) electrons. The van der Waals surface area contributed by atoms with Crippen molar-refractivity contribution in [1.29, 1.82) is 0 Å². The lowest BCUT2D eigenvalue weighted by Crippen LogP contribution is -2.20. The number of rotatable bonds is 0. The molecule has 0 aromatic carbocycles. The van der Waals surface area contributed by atoms with Crippen LogP contribution >= 0.6 is 0 Å². The molecule has 0 saturated carbocycles. The minimum absolute atomic E-state index is 0.127. The lowest BCUT2D eigenvalue weighted by atomic mass is 9.86. The van der Waals surface area contributed by atoms with Gasteiger partial charge in [0, 0.05) is 5.56 Å². The molecule has 1 aromatic rings. The average molecular weight is 176 g/mol. The smallest absolute Gasteiger partial charge is 0.196 e. The predicted octanol–water partition coefficient (Wildman–Crippen LogP) is 2.52. The summed E-state index contributed by atoms with van der Waals surface area (Å²) in [7, 11) is 0. The third kappa shape index (κ3) is 0.857. The molecule has 1 aliphatic carbocycles. The maximum Gasteiger partial charge on any atom is 0.196 e. The van der Waals surface area contributed by atoms with Gasteiger partial charge in [0.15, 0.2) is 5.43 Å². The lowest BCUT2D eigenvalue weighted by Gasteiger charge is -2.21. The molecule has 0 aliphatic heterocycles. The average Bonchev–Trinajstić information content (AvgIpc) is 2.13. The van der Waals surface area contributed by atoms with E-state index in [9.17, 15) is 4.79 Å². The Hall–Kier alpha value is -1.31. The van der Waals surface area contributed by atoms with Gasteiger partial charge < -0.3 is 4.42 Å². The predicted molar refractivity (Wildman–Crippen MR) is 52.6 cm³/mol. The number of aryl methyl sites for hydroxylation is 1.